The molecule has 0 radical (unpaired) electrons. The Kier molecular flexibility index (Phi) is 9.76. The van der Waals surface area contributed by atoms with Crippen molar-refractivity contribution >= 4 is 5.82 Å². The molecule has 1 fully saturated rings. The van der Waals surface area contributed by atoms with Crippen molar-refractivity contribution in [2.75, 3.05) is 25.6 Å². The molecule has 1 saturated heterocycles. The van der Waals surface area contributed by atoms with Crippen molar-refractivity contribution < 1.29 is 23.0 Å². The van der Waals surface area contributed by atoms with E-state index in [0.717, 1.165) is 34.1 Å². The van der Waals surface area contributed by atoms with E-state index in [-0.39, 0.29) is 18.8 Å². The van der Waals surface area contributed by atoms with Gasteiger partial charge in [-0.1, -0.05) is 86.1 Å². The van der Waals surface area contributed by atoms with Crippen LogP contribution in [0.2, 0.25) is 0 Å². The predicted octanol–water partition coefficient (Wildman–Crippen LogP) is 6.83. The number of hydrogen-bond donors (Lipinski definition) is 1. The molecule has 2 unspecified atom stereocenters. The highest BCUT2D eigenvalue weighted by Gasteiger charge is 2.52. The van der Waals surface area contributed by atoms with Crippen LogP contribution in [0.4, 0.5) is 14.6 Å². The standard InChI is InChI=1S/C35H39F2N3O4/c1-4-5-22-43-24-34(25(2)36)23-30(37)32(44-34)40-21-20-31(38-33(40)41)39-35(26-12-8-6-9-13-26,27-14-10-7-11-15-27)28-16-18-29(42-3)19-17-28/h6-21,25,30,32H,4-5,22-24H2,1-3H3,(H,38,39,41)/t25?,30?,32-,34+/m1/s1. The fourth-order valence-corrected chi connectivity index (χ4v) is 5.78. The molecule has 7 nitrogen and oxygen atoms in total. The van der Waals surface area contributed by atoms with Crippen molar-refractivity contribution in [1.82, 2.24) is 9.55 Å². The fourth-order valence-electron chi connectivity index (χ4n) is 5.78. The lowest BCUT2D eigenvalue weighted by molar-refractivity contribution is -0.147. The number of alkyl halides is 2. The third-order valence-electron chi connectivity index (χ3n) is 8.28. The molecule has 1 aromatic heterocycles. The van der Waals surface area contributed by atoms with Crippen LogP contribution in [-0.4, -0.2) is 47.8 Å². The van der Waals surface area contributed by atoms with E-state index in [2.05, 4.69) is 10.3 Å². The lowest BCUT2D eigenvalue weighted by atomic mass is 9.77. The maximum absolute atomic E-state index is 15.4. The number of nitrogens with one attached hydrogen (secondary N) is 1. The van der Waals surface area contributed by atoms with Gasteiger partial charge in [0.05, 0.1) is 13.7 Å². The number of rotatable bonds is 13. The summed E-state index contributed by atoms with van der Waals surface area (Å²) in [6.07, 6.45) is -1.50. The topological polar surface area (TPSA) is 74.6 Å². The molecule has 4 aromatic rings. The molecule has 9 heteroatoms. The van der Waals surface area contributed by atoms with Crippen LogP contribution in [0.5, 0.6) is 5.75 Å². The van der Waals surface area contributed by atoms with Gasteiger partial charge in [0.1, 0.15) is 35.1 Å². The van der Waals surface area contributed by atoms with E-state index in [1.807, 2.05) is 91.9 Å². The minimum atomic E-state index is -1.62. The number of benzene rings is 3. The Morgan fingerprint density at radius 3 is 2.18 bits per heavy atom. The van der Waals surface area contributed by atoms with Gasteiger partial charge in [-0.15, -0.1) is 0 Å². The highest BCUT2D eigenvalue weighted by atomic mass is 19.1. The van der Waals surface area contributed by atoms with Gasteiger partial charge in [0.25, 0.3) is 0 Å². The lowest BCUT2D eigenvalue weighted by Gasteiger charge is -2.37. The van der Waals surface area contributed by atoms with Crippen LogP contribution < -0.4 is 15.7 Å². The van der Waals surface area contributed by atoms with Gasteiger partial charge in [-0.2, -0.15) is 4.98 Å². The first-order chi connectivity index (χ1) is 21.3. The van der Waals surface area contributed by atoms with E-state index in [9.17, 15) is 9.18 Å². The maximum Gasteiger partial charge on any atom is 0.351 e. The van der Waals surface area contributed by atoms with Crippen molar-refractivity contribution in [1.29, 1.82) is 0 Å². The highest BCUT2D eigenvalue weighted by Crippen LogP contribution is 2.43. The smallest absolute Gasteiger partial charge is 0.351 e. The summed E-state index contributed by atoms with van der Waals surface area (Å²) >= 11 is 0. The van der Waals surface area contributed by atoms with E-state index >= 15 is 4.39 Å². The number of ether oxygens (including phenoxy) is 3. The minimum Gasteiger partial charge on any atom is -0.497 e. The molecule has 1 N–H and O–H groups in total. The summed E-state index contributed by atoms with van der Waals surface area (Å²) in [5.41, 5.74) is -0.457. The van der Waals surface area contributed by atoms with E-state index in [1.165, 1.54) is 13.1 Å². The molecule has 0 bridgehead atoms. The van der Waals surface area contributed by atoms with E-state index in [0.29, 0.717) is 12.4 Å². The minimum absolute atomic E-state index is 0.0953. The SMILES string of the molecule is CCCCOC[C@]1(C(C)F)CC(F)[C@H](n2ccc(NC(c3ccccc3)(c3ccccc3)c3ccc(OC)cc3)nc2=O)O1. The summed E-state index contributed by atoms with van der Waals surface area (Å²) in [4.78, 5) is 17.8. The molecule has 1 aliphatic heterocycles. The zero-order valence-electron chi connectivity index (χ0n) is 25.3. The zero-order valence-corrected chi connectivity index (χ0v) is 25.3. The summed E-state index contributed by atoms with van der Waals surface area (Å²) in [6, 6.07) is 29.0. The number of hydrogen-bond acceptors (Lipinski definition) is 6. The van der Waals surface area contributed by atoms with Gasteiger partial charge < -0.3 is 19.5 Å². The number of unbranched alkanes of at least 4 members (excludes halogenated alkanes) is 1. The highest BCUT2D eigenvalue weighted by molar-refractivity contribution is 5.58. The Hall–Kier alpha value is -4.08. The molecular weight excluding hydrogens is 564 g/mol. The Bertz CT molecular complexity index is 1510. The van der Waals surface area contributed by atoms with Crippen LogP contribution in [0, 0.1) is 0 Å². The van der Waals surface area contributed by atoms with Crippen molar-refractivity contribution in [3.05, 3.63) is 124 Å². The Balaban J connectivity index is 1.52. The molecule has 44 heavy (non-hydrogen) atoms. The van der Waals surface area contributed by atoms with Crippen LogP contribution >= 0.6 is 0 Å². The van der Waals surface area contributed by atoms with Crippen molar-refractivity contribution in [2.24, 2.45) is 0 Å². The Morgan fingerprint density at radius 1 is 1.02 bits per heavy atom. The van der Waals surface area contributed by atoms with E-state index in [4.69, 9.17) is 14.2 Å². The first kappa shape index (κ1) is 31.3. The molecular formula is C35H39F2N3O4. The van der Waals surface area contributed by atoms with Gasteiger partial charge in [0, 0.05) is 19.2 Å². The second-order valence-corrected chi connectivity index (χ2v) is 11.2. The molecule has 2 heterocycles. The summed E-state index contributed by atoms with van der Waals surface area (Å²) in [5.74, 6) is 0.979. The van der Waals surface area contributed by atoms with Gasteiger partial charge in [-0.25, -0.2) is 13.6 Å². The van der Waals surface area contributed by atoms with Crippen LogP contribution in [-0.2, 0) is 15.0 Å². The number of halogens is 2. The fraction of sp³-hybridized carbons (Fsp3) is 0.371. The summed E-state index contributed by atoms with van der Waals surface area (Å²) < 4.78 is 48.3. The molecule has 3 aromatic carbocycles. The van der Waals surface area contributed by atoms with Gasteiger partial charge in [0.15, 0.2) is 6.23 Å². The van der Waals surface area contributed by atoms with Gasteiger partial charge in [-0.05, 0) is 48.2 Å². The lowest BCUT2D eigenvalue weighted by Crippen LogP contribution is -2.43. The first-order valence-electron chi connectivity index (χ1n) is 15.0. The molecule has 0 saturated carbocycles. The summed E-state index contributed by atoms with van der Waals surface area (Å²) in [6.45, 7) is 3.69. The normalized spacial score (nSPS) is 20.8. The number of aromatic nitrogens is 2. The van der Waals surface area contributed by atoms with Crippen LogP contribution in [0.15, 0.2) is 102 Å². The molecule has 5 rings (SSSR count). The largest absolute Gasteiger partial charge is 0.497 e. The van der Waals surface area contributed by atoms with Crippen LogP contribution in [0.3, 0.4) is 0 Å². The van der Waals surface area contributed by atoms with E-state index in [1.54, 1.807) is 13.2 Å². The average Bonchev–Trinajstić information content (AvgIpc) is 3.40. The van der Waals surface area contributed by atoms with Crippen molar-refractivity contribution in [3.8, 4) is 5.75 Å². The Morgan fingerprint density at radius 2 is 1.64 bits per heavy atom. The maximum atomic E-state index is 15.4. The second-order valence-electron chi connectivity index (χ2n) is 11.2. The molecule has 0 aliphatic carbocycles. The van der Waals surface area contributed by atoms with Gasteiger partial charge in [-0.3, -0.25) is 4.57 Å². The predicted molar refractivity (Wildman–Crippen MR) is 167 cm³/mol. The zero-order chi connectivity index (χ0) is 31.2. The molecule has 232 valence electrons. The van der Waals surface area contributed by atoms with Gasteiger partial charge >= 0.3 is 5.69 Å². The molecule has 0 spiro atoms. The number of nitrogens with zero attached hydrogens (tertiary/aromatic N) is 2. The van der Waals surface area contributed by atoms with Crippen LogP contribution in [0.25, 0.3) is 0 Å². The van der Waals surface area contributed by atoms with E-state index < -0.39 is 35.4 Å². The number of anilines is 1. The van der Waals surface area contributed by atoms with Gasteiger partial charge in [0.2, 0.25) is 0 Å². The Labute approximate surface area is 256 Å². The molecule has 4 atom stereocenters. The summed E-state index contributed by atoms with van der Waals surface area (Å²) in [7, 11) is 1.61. The summed E-state index contributed by atoms with van der Waals surface area (Å²) in [5, 5.41) is 3.54. The number of methoxy groups -OCH3 is 1. The van der Waals surface area contributed by atoms with Crippen molar-refractivity contribution in [3.63, 3.8) is 0 Å². The van der Waals surface area contributed by atoms with Crippen molar-refractivity contribution in [2.45, 2.75) is 62.8 Å². The third kappa shape index (κ3) is 6.25. The quantitative estimate of drug-likeness (QED) is 0.133. The van der Waals surface area contributed by atoms with Crippen LogP contribution in [0.1, 0.15) is 56.0 Å². The average molecular weight is 604 g/mol. The molecule has 0 amide bonds. The first-order valence-corrected chi connectivity index (χ1v) is 15.0. The third-order valence-corrected chi connectivity index (χ3v) is 8.28. The second kappa shape index (κ2) is 13.7. The monoisotopic (exact) mass is 603 g/mol. The molecule has 1 aliphatic rings.